The first-order valence-electron chi connectivity index (χ1n) is 11.2. The Bertz CT molecular complexity index is 1190. The normalized spacial score (nSPS) is 16.2. The summed E-state index contributed by atoms with van der Waals surface area (Å²) in [6.45, 7) is 1.32. The van der Waals surface area contributed by atoms with Crippen LogP contribution in [-0.4, -0.2) is 34.1 Å². The summed E-state index contributed by atoms with van der Waals surface area (Å²) in [5.74, 6) is -0.423. The van der Waals surface area contributed by atoms with Gasteiger partial charge in [0.15, 0.2) is 5.01 Å². The summed E-state index contributed by atoms with van der Waals surface area (Å²) >= 11 is 1.42. The number of hydrogen-bond acceptors (Lipinski definition) is 4. The molecule has 1 fully saturated rings. The van der Waals surface area contributed by atoms with E-state index in [2.05, 4.69) is 10.2 Å². The lowest BCUT2D eigenvalue weighted by molar-refractivity contribution is -0.133. The standard InChI is InChI=1S/C27H24FN3OS/c28-23-16-8-7-15-22(23)26-30-29-25(33-26)21-14-9-17-31(18-21)27(32)24(19-10-3-1-4-11-19)20-12-5-2-6-13-20/h1-8,10-13,15-16,21,24H,9,14,17-18H2. The van der Waals surface area contributed by atoms with Crippen LogP contribution in [0.15, 0.2) is 84.9 Å². The molecule has 0 N–H and O–H groups in total. The summed E-state index contributed by atoms with van der Waals surface area (Å²) in [5, 5.41) is 10.1. The highest BCUT2D eigenvalue weighted by Gasteiger charge is 2.32. The number of piperidine rings is 1. The van der Waals surface area contributed by atoms with E-state index in [0.717, 1.165) is 35.5 Å². The van der Waals surface area contributed by atoms with Gasteiger partial charge in [0, 0.05) is 24.6 Å². The Kier molecular flexibility index (Phi) is 6.26. The lowest BCUT2D eigenvalue weighted by Gasteiger charge is -2.34. The van der Waals surface area contributed by atoms with Gasteiger partial charge in [0.2, 0.25) is 5.91 Å². The predicted molar refractivity (Wildman–Crippen MR) is 129 cm³/mol. The van der Waals surface area contributed by atoms with Crippen molar-refractivity contribution in [2.45, 2.75) is 24.7 Å². The topological polar surface area (TPSA) is 46.1 Å². The van der Waals surface area contributed by atoms with Crippen LogP contribution in [0.3, 0.4) is 0 Å². The quantitative estimate of drug-likeness (QED) is 0.376. The lowest BCUT2D eigenvalue weighted by atomic mass is 9.88. The number of benzene rings is 3. The fourth-order valence-electron chi connectivity index (χ4n) is 4.47. The van der Waals surface area contributed by atoms with Crippen LogP contribution in [-0.2, 0) is 4.79 Å². The van der Waals surface area contributed by atoms with Crippen LogP contribution in [0.1, 0.15) is 40.8 Å². The monoisotopic (exact) mass is 457 g/mol. The van der Waals surface area contributed by atoms with Crippen molar-refractivity contribution in [3.8, 4) is 10.6 Å². The molecule has 5 rings (SSSR count). The second-order valence-electron chi connectivity index (χ2n) is 8.30. The van der Waals surface area contributed by atoms with Crippen molar-refractivity contribution in [3.63, 3.8) is 0 Å². The fraction of sp³-hybridized carbons (Fsp3) is 0.222. The molecule has 0 radical (unpaired) electrons. The van der Waals surface area contributed by atoms with Gasteiger partial charge in [-0.15, -0.1) is 10.2 Å². The molecule has 0 saturated carbocycles. The zero-order valence-corrected chi connectivity index (χ0v) is 18.9. The Morgan fingerprint density at radius 1 is 0.909 bits per heavy atom. The highest BCUT2D eigenvalue weighted by atomic mass is 32.1. The van der Waals surface area contributed by atoms with Crippen molar-refractivity contribution in [1.29, 1.82) is 0 Å². The van der Waals surface area contributed by atoms with E-state index in [1.807, 2.05) is 65.6 Å². The van der Waals surface area contributed by atoms with Crippen molar-refractivity contribution < 1.29 is 9.18 Å². The molecule has 166 valence electrons. The molecule has 1 amide bonds. The van der Waals surface area contributed by atoms with Crippen molar-refractivity contribution >= 4 is 17.2 Å². The Labute approximate surface area is 196 Å². The van der Waals surface area contributed by atoms with E-state index in [0.29, 0.717) is 17.1 Å². The van der Waals surface area contributed by atoms with Crippen LogP contribution in [0.5, 0.6) is 0 Å². The van der Waals surface area contributed by atoms with Crippen LogP contribution >= 0.6 is 11.3 Å². The molecule has 4 nitrogen and oxygen atoms in total. The number of halogens is 1. The SMILES string of the molecule is O=C(C(c1ccccc1)c1ccccc1)N1CCCC(c2nnc(-c3ccccc3F)s2)C1. The van der Waals surface area contributed by atoms with Gasteiger partial charge in [-0.2, -0.15) is 0 Å². The minimum absolute atomic E-state index is 0.105. The molecule has 3 aromatic carbocycles. The van der Waals surface area contributed by atoms with Crippen molar-refractivity contribution in [2.75, 3.05) is 13.1 Å². The summed E-state index contributed by atoms with van der Waals surface area (Å²) in [6, 6.07) is 26.5. The van der Waals surface area contributed by atoms with E-state index in [-0.39, 0.29) is 23.6 Å². The minimum atomic E-state index is -0.338. The van der Waals surface area contributed by atoms with Crippen LogP contribution < -0.4 is 0 Å². The molecule has 6 heteroatoms. The molecule has 33 heavy (non-hydrogen) atoms. The summed E-state index contributed by atoms with van der Waals surface area (Å²) in [7, 11) is 0. The first-order valence-corrected chi connectivity index (χ1v) is 12.0. The highest BCUT2D eigenvalue weighted by Crippen LogP contribution is 2.35. The van der Waals surface area contributed by atoms with Gasteiger partial charge < -0.3 is 4.90 Å². The molecule has 1 atom stereocenters. The fourth-order valence-corrected chi connectivity index (χ4v) is 5.47. The van der Waals surface area contributed by atoms with E-state index >= 15 is 0 Å². The molecule has 1 unspecified atom stereocenters. The van der Waals surface area contributed by atoms with Gasteiger partial charge in [-0.1, -0.05) is 84.1 Å². The largest absolute Gasteiger partial charge is 0.341 e. The third kappa shape index (κ3) is 4.57. The molecule has 2 heterocycles. The summed E-state index contributed by atoms with van der Waals surface area (Å²) in [6.07, 6.45) is 1.85. The molecule has 0 bridgehead atoms. The van der Waals surface area contributed by atoms with E-state index in [1.165, 1.54) is 17.4 Å². The second-order valence-corrected chi connectivity index (χ2v) is 9.31. The molecule has 0 spiro atoms. The molecular formula is C27H24FN3OS. The van der Waals surface area contributed by atoms with Gasteiger partial charge in [-0.05, 0) is 36.1 Å². The number of nitrogens with zero attached hydrogens (tertiary/aromatic N) is 3. The summed E-state index contributed by atoms with van der Waals surface area (Å²) in [5.41, 5.74) is 2.46. The average molecular weight is 458 g/mol. The smallest absolute Gasteiger partial charge is 0.234 e. The molecular weight excluding hydrogens is 433 g/mol. The number of aromatic nitrogens is 2. The van der Waals surface area contributed by atoms with Gasteiger partial charge in [0.05, 0.1) is 5.92 Å². The Morgan fingerprint density at radius 2 is 1.55 bits per heavy atom. The Morgan fingerprint density at radius 3 is 2.21 bits per heavy atom. The second kappa shape index (κ2) is 9.63. The van der Waals surface area contributed by atoms with Crippen LogP contribution in [0.2, 0.25) is 0 Å². The maximum Gasteiger partial charge on any atom is 0.234 e. The van der Waals surface area contributed by atoms with E-state index in [1.54, 1.807) is 18.2 Å². The number of carbonyl (C=O) groups excluding carboxylic acids is 1. The van der Waals surface area contributed by atoms with Crippen molar-refractivity contribution in [3.05, 3.63) is 107 Å². The summed E-state index contributed by atoms with van der Waals surface area (Å²) in [4.78, 5) is 15.8. The average Bonchev–Trinajstić information content (AvgIpc) is 3.36. The maximum atomic E-state index is 14.2. The van der Waals surface area contributed by atoms with Gasteiger partial charge in [-0.3, -0.25) is 4.79 Å². The first-order chi connectivity index (χ1) is 16.2. The Balaban J connectivity index is 1.39. The van der Waals surface area contributed by atoms with E-state index < -0.39 is 0 Å². The van der Waals surface area contributed by atoms with Crippen molar-refractivity contribution in [2.24, 2.45) is 0 Å². The van der Waals surface area contributed by atoms with Gasteiger partial charge >= 0.3 is 0 Å². The third-order valence-electron chi connectivity index (χ3n) is 6.14. The third-order valence-corrected chi connectivity index (χ3v) is 7.26. The molecule has 1 aliphatic rings. The van der Waals surface area contributed by atoms with Gasteiger partial charge in [-0.25, -0.2) is 4.39 Å². The zero-order chi connectivity index (χ0) is 22.6. The first kappa shape index (κ1) is 21.5. The number of carbonyl (C=O) groups is 1. The maximum absolute atomic E-state index is 14.2. The van der Waals surface area contributed by atoms with Crippen LogP contribution in [0, 0.1) is 5.82 Å². The minimum Gasteiger partial charge on any atom is -0.341 e. The van der Waals surface area contributed by atoms with E-state index in [9.17, 15) is 9.18 Å². The van der Waals surface area contributed by atoms with Crippen LogP contribution in [0.25, 0.3) is 10.6 Å². The highest BCUT2D eigenvalue weighted by molar-refractivity contribution is 7.14. The van der Waals surface area contributed by atoms with Crippen LogP contribution in [0.4, 0.5) is 4.39 Å². The lowest BCUT2D eigenvalue weighted by Crippen LogP contribution is -2.42. The molecule has 1 aliphatic heterocycles. The van der Waals surface area contributed by atoms with Crippen molar-refractivity contribution in [1.82, 2.24) is 15.1 Å². The predicted octanol–water partition coefficient (Wildman–Crippen LogP) is 5.88. The molecule has 1 saturated heterocycles. The number of amides is 1. The van der Waals surface area contributed by atoms with Gasteiger partial charge in [0.1, 0.15) is 10.8 Å². The number of hydrogen-bond donors (Lipinski definition) is 0. The summed E-state index contributed by atoms with van der Waals surface area (Å²) < 4.78 is 14.2. The Hall–Kier alpha value is -3.38. The number of likely N-dealkylation sites (tertiary alicyclic amines) is 1. The van der Waals surface area contributed by atoms with E-state index in [4.69, 9.17) is 0 Å². The molecule has 4 aromatic rings. The van der Waals surface area contributed by atoms with Gasteiger partial charge in [0.25, 0.3) is 0 Å². The molecule has 0 aliphatic carbocycles. The molecule has 1 aromatic heterocycles. The zero-order valence-electron chi connectivity index (χ0n) is 18.1. The number of rotatable bonds is 5.